The molecule has 1 aliphatic carbocycles. The average Bonchev–Trinajstić information content (AvgIpc) is 3.05. The number of esters is 1. The van der Waals surface area contributed by atoms with Gasteiger partial charge in [0.25, 0.3) is 5.56 Å². The van der Waals surface area contributed by atoms with Gasteiger partial charge in [0, 0.05) is 16.6 Å². The summed E-state index contributed by atoms with van der Waals surface area (Å²) in [5, 5.41) is 4.02. The number of benzene rings is 1. The first-order chi connectivity index (χ1) is 13.5. The molecular formula is C21H23N3O3S. The van der Waals surface area contributed by atoms with Crippen LogP contribution in [0, 0.1) is 0 Å². The van der Waals surface area contributed by atoms with Crippen molar-refractivity contribution in [3.05, 3.63) is 50.6 Å². The molecule has 1 aliphatic rings. The molecule has 0 atom stereocenters. The highest BCUT2D eigenvalue weighted by Gasteiger charge is 2.23. The number of aromatic nitrogens is 2. The number of rotatable bonds is 4. The minimum atomic E-state index is -0.403. The van der Waals surface area contributed by atoms with Crippen molar-refractivity contribution >= 4 is 39.2 Å². The SMILES string of the molecule is COC(=O)c1cccc(Nc2nc3sc4c(c3c(=O)n2C(C)C)CCCC4)c1. The third-order valence-corrected chi connectivity index (χ3v) is 6.26. The smallest absolute Gasteiger partial charge is 0.337 e. The van der Waals surface area contributed by atoms with Crippen LogP contribution in [0.2, 0.25) is 0 Å². The Kier molecular flexibility index (Phi) is 4.93. The van der Waals surface area contributed by atoms with E-state index >= 15 is 0 Å². The van der Waals surface area contributed by atoms with Gasteiger partial charge in [0.1, 0.15) is 4.83 Å². The number of thiophene rings is 1. The Hall–Kier alpha value is -2.67. The molecule has 1 N–H and O–H groups in total. The van der Waals surface area contributed by atoms with E-state index in [0.29, 0.717) is 17.2 Å². The highest BCUT2D eigenvalue weighted by Crippen LogP contribution is 2.35. The van der Waals surface area contributed by atoms with Gasteiger partial charge in [-0.1, -0.05) is 6.07 Å². The van der Waals surface area contributed by atoms with Crippen LogP contribution in [-0.4, -0.2) is 22.6 Å². The fraction of sp³-hybridized carbons (Fsp3) is 0.381. The van der Waals surface area contributed by atoms with Crippen molar-refractivity contribution in [1.29, 1.82) is 0 Å². The Labute approximate surface area is 167 Å². The Morgan fingerprint density at radius 2 is 2.07 bits per heavy atom. The molecule has 0 bridgehead atoms. The number of ether oxygens (including phenoxy) is 1. The molecule has 0 saturated carbocycles. The Morgan fingerprint density at radius 3 is 2.82 bits per heavy atom. The second-order valence-electron chi connectivity index (χ2n) is 7.29. The van der Waals surface area contributed by atoms with E-state index in [9.17, 15) is 9.59 Å². The van der Waals surface area contributed by atoms with Crippen LogP contribution in [0.25, 0.3) is 10.2 Å². The molecule has 4 rings (SSSR count). The molecule has 2 aromatic heterocycles. The number of methoxy groups -OCH3 is 1. The zero-order valence-electron chi connectivity index (χ0n) is 16.2. The molecule has 0 amide bonds. The monoisotopic (exact) mass is 397 g/mol. The molecule has 0 spiro atoms. The van der Waals surface area contributed by atoms with Crippen LogP contribution in [0.5, 0.6) is 0 Å². The van der Waals surface area contributed by atoms with Crippen molar-refractivity contribution in [2.45, 2.75) is 45.6 Å². The molecular weight excluding hydrogens is 374 g/mol. The van der Waals surface area contributed by atoms with E-state index in [2.05, 4.69) is 5.32 Å². The van der Waals surface area contributed by atoms with Crippen LogP contribution in [0.1, 0.15) is 53.5 Å². The molecule has 0 aliphatic heterocycles. The second-order valence-corrected chi connectivity index (χ2v) is 8.38. The van der Waals surface area contributed by atoms with E-state index in [4.69, 9.17) is 9.72 Å². The average molecular weight is 398 g/mol. The molecule has 3 aromatic rings. The highest BCUT2D eigenvalue weighted by atomic mass is 32.1. The maximum Gasteiger partial charge on any atom is 0.337 e. The molecule has 0 fully saturated rings. The van der Waals surface area contributed by atoms with Gasteiger partial charge in [-0.15, -0.1) is 11.3 Å². The summed E-state index contributed by atoms with van der Waals surface area (Å²) in [6.45, 7) is 3.95. The van der Waals surface area contributed by atoms with Crippen LogP contribution in [-0.2, 0) is 17.6 Å². The minimum absolute atomic E-state index is 0.00558. The zero-order chi connectivity index (χ0) is 19.8. The lowest BCUT2D eigenvalue weighted by Gasteiger charge is -2.17. The van der Waals surface area contributed by atoms with Crippen LogP contribution in [0.15, 0.2) is 29.1 Å². The van der Waals surface area contributed by atoms with Gasteiger partial charge >= 0.3 is 5.97 Å². The van der Waals surface area contributed by atoms with E-state index < -0.39 is 5.97 Å². The number of nitrogens with one attached hydrogen (secondary N) is 1. The van der Waals surface area contributed by atoms with Crippen molar-refractivity contribution in [3.63, 3.8) is 0 Å². The fourth-order valence-electron chi connectivity index (χ4n) is 3.76. The Morgan fingerprint density at radius 1 is 1.29 bits per heavy atom. The number of aryl methyl sites for hydroxylation is 2. The van der Waals surface area contributed by atoms with Gasteiger partial charge in [0.05, 0.1) is 18.1 Å². The molecule has 0 radical (unpaired) electrons. The van der Waals surface area contributed by atoms with Gasteiger partial charge in [0.15, 0.2) is 0 Å². The number of anilines is 2. The Bertz CT molecular complexity index is 1110. The fourth-order valence-corrected chi connectivity index (χ4v) is 5.01. The summed E-state index contributed by atoms with van der Waals surface area (Å²) >= 11 is 1.63. The predicted octanol–water partition coefficient (Wildman–Crippen LogP) is 4.45. The third kappa shape index (κ3) is 3.20. The number of hydrogen-bond acceptors (Lipinski definition) is 6. The maximum absolute atomic E-state index is 13.4. The molecule has 0 unspecified atom stereocenters. The lowest BCUT2D eigenvalue weighted by Crippen LogP contribution is -2.26. The van der Waals surface area contributed by atoms with Crippen LogP contribution < -0.4 is 10.9 Å². The Balaban J connectivity index is 1.84. The molecule has 146 valence electrons. The summed E-state index contributed by atoms with van der Waals surface area (Å²) in [7, 11) is 1.35. The van der Waals surface area contributed by atoms with Gasteiger partial charge in [-0.25, -0.2) is 9.78 Å². The van der Waals surface area contributed by atoms with E-state index in [1.807, 2.05) is 19.9 Å². The number of hydrogen-bond donors (Lipinski definition) is 1. The number of nitrogens with zero attached hydrogens (tertiary/aromatic N) is 2. The normalized spacial score (nSPS) is 13.6. The molecule has 0 saturated heterocycles. The van der Waals surface area contributed by atoms with E-state index in [0.717, 1.165) is 29.5 Å². The summed E-state index contributed by atoms with van der Waals surface area (Å²) < 4.78 is 6.49. The molecule has 28 heavy (non-hydrogen) atoms. The topological polar surface area (TPSA) is 73.2 Å². The van der Waals surface area contributed by atoms with Crippen molar-refractivity contribution < 1.29 is 9.53 Å². The standard InChI is InChI=1S/C21H23N3O3S/c1-12(2)24-19(25)17-15-9-4-5-10-16(15)28-18(17)23-21(24)22-14-8-6-7-13(11-14)20(26)27-3/h6-8,11-12H,4-5,9-10H2,1-3H3,(H,22,23). The minimum Gasteiger partial charge on any atom is -0.465 e. The molecule has 2 heterocycles. The summed E-state index contributed by atoms with van der Waals surface area (Å²) in [6.07, 6.45) is 4.28. The third-order valence-electron chi connectivity index (χ3n) is 5.08. The maximum atomic E-state index is 13.4. The lowest BCUT2D eigenvalue weighted by molar-refractivity contribution is 0.0601. The van der Waals surface area contributed by atoms with Gasteiger partial charge in [-0.2, -0.15) is 0 Å². The van der Waals surface area contributed by atoms with Gasteiger partial charge in [-0.3, -0.25) is 9.36 Å². The van der Waals surface area contributed by atoms with Crippen molar-refractivity contribution in [2.24, 2.45) is 0 Å². The van der Waals surface area contributed by atoms with E-state index in [-0.39, 0.29) is 11.6 Å². The first kappa shape index (κ1) is 18.7. The molecule has 6 nitrogen and oxygen atoms in total. The predicted molar refractivity (Wildman–Crippen MR) is 112 cm³/mol. The summed E-state index contributed by atoms with van der Waals surface area (Å²) in [5.74, 6) is 0.0901. The van der Waals surface area contributed by atoms with Crippen LogP contribution >= 0.6 is 11.3 Å². The number of carbonyl (C=O) groups excluding carboxylic acids is 1. The van der Waals surface area contributed by atoms with Gasteiger partial charge in [0.2, 0.25) is 5.95 Å². The first-order valence-electron chi connectivity index (χ1n) is 9.51. The van der Waals surface area contributed by atoms with E-state index in [1.54, 1.807) is 34.1 Å². The van der Waals surface area contributed by atoms with Crippen molar-refractivity contribution in [3.8, 4) is 0 Å². The first-order valence-corrected chi connectivity index (χ1v) is 10.3. The summed E-state index contributed by atoms with van der Waals surface area (Å²) in [6, 6.07) is 6.96. The second kappa shape index (κ2) is 7.39. The number of fused-ring (bicyclic) bond motifs is 3. The van der Waals surface area contributed by atoms with Gasteiger partial charge in [-0.05, 0) is 63.3 Å². The van der Waals surface area contributed by atoms with Crippen molar-refractivity contribution in [2.75, 3.05) is 12.4 Å². The summed E-state index contributed by atoms with van der Waals surface area (Å²) in [5.41, 5.74) is 2.33. The number of carbonyl (C=O) groups is 1. The van der Waals surface area contributed by atoms with Crippen LogP contribution in [0.3, 0.4) is 0 Å². The van der Waals surface area contributed by atoms with Crippen molar-refractivity contribution in [1.82, 2.24) is 9.55 Å². The highest BCUT2D eigenvalue weighted by molar-refractivity contribution is 7.18. The molecule has 7 heteroatoms. The largest absolute Gasteiger partial charge is 0.465 e. The molecule has 1 aromatic carbocycles. The van der Waals surface area contributed by atoms with E-state index in [1.165, 1.54) is 24.0 Å². The van der Waals surface area contributed by atoms with Crippen LogP contribution in [0.4, 0.5) is 11.6 Å². The zero-order valence-corrected chi connectivity index (χ0v) is 17.1. The summed E-state index contributed by atoms with van der Waals surface area (Å²) in [4.78, 5) is 32.1. The lowest BCUT2D eigenvalue weighted by atomic mass is 9.97. The van der Waals surface area contributed by atoms with Gasteiger partial charge < -0.3 is 10.1 Å². The quantitative estimate of drug-likeness (QED) is 0.659.